The van der Waals surface area contributed by atoms with E-state index in [9.17, 15) is 0 Å². The van der Waals surface area contributed by atoms with Crippen LogP contribution < -0.4 is 0 Å². The van der Waals surface area contributed by atoms with E-state index in [2.05, 4.69) is 0 Å². The van der Waals surface area contributed by atoms with Gasteiger partial charge in [0.25, 0.3) is 0 Å². The third kappa shape index (κ3) is 241. The standard InChI is InChI=1S/Na.H3O4P.H2O2.H/c;1-5(2,3)4;1-2;/h;(H3,1,2,3,4);1-2H;. The third-order valence-electron chi connectivity index (χ3n) is 0. The maximum absolute atomic E-state index is 8.88. The van der Waals surface area contributed by atoms with Gasteiger partial charge in [0, 0.05) is 0 Å². The van der Waals surface area contributed by atoms with E-state index in [0.29, 0.717) is 0 Å². The Kier molecular flexibility index (Phi) is 16.1. The van der Waals surface area contributed by atoms with Gasteiger partial charge in [-0.15, -0.1) is 0 Å². The van der Waals surface area contributed by atoms with Crippen molar-refractivity contribution in [3.63, 3.8) is 0 Å². The second-order valence-electron chi connectivity index (χ2n) is 0.513. The van der Waals surface area contributed by atoms with Crippen molar-refractivity contribution in [2.75, 3.05) is 0 Å². The molecule has 0 aliphatic rings. The van der Waals surface area contributed by atoms with Crippen LogP contribution in [0.3, 0.4) is 0 Å². The van der Waals surface area contributed by atoms with Crippen molar-refractivity contribution in [1.82, 2.24) is 0 Å². The average Bonchev–Trinajstić information content (AvgIpc) is 1.36. The zero-order valence-corrected chi connectivity index (χ0v) is 3.99. The van der Waals surface area contributed by atoms with Gasteiger partial charge in [-0.1, -0.05) is 0 Å². The zero-order chi connectivity index (χ0) is 6.50. The van der Waals surface area contributed by atoms with Gasteiger partial charge in [0.15, 0.2) is 0 Å². The van der Waals surface area contributed by atoms with Gasteiger partial charge in [-0.3, -0.25) is 10.5 Å². The summed E-state index contributed by atoms with van der Waals surface area (Å²) in [4.78, 5) is 21.6. The Morgan fingerprint density at radius 1 is 1.00 bits per heavy atom. The van der Waals surface area contributed by atoms with Crippen molar-refractivity contribution >= 4 is 37.4 Å². The van der Waals surface area contributed by atoms with E-state index in [4.69, 9.17) is 29.8 Å². The first-order valence-electron chi connectivity index (χ1n) is 0.983. The van der Waals surface area contributed by atoms with E-state index in [1.165, 1.54) is 0 Å². The molecule has 0 amide bonds. The summed E-state index contributed by atoms with van der Waals surface area (Å²) >= 11 is 0. The Balaban J connectivity index is -0.0000000750. The first-order chi connectivity index (χ1) is 3.00. The van der Waals surface area contributed by atoms with Gasteiger partial charge in [0.2, 0.25) is 0 Å². The van der Waals surface area contributed by atoms with Gasteiger partial charge in [-0.05, 0) is 0 Å². The molecule has 0 aromatic carbocycles. The molecule has 0 bridgehead atoms. The number of hydrogen-bond donors (Lipinski definition) is 5. The normalized spacial score (nSPS) is 8.12. The maximum atomic E-state index is 8.88. The van der Waals surface area contributed by atoms with Crippen LogP contribution in [0.1, 0.15) is 0 Å². The minimum absolute atomic E-state index is 0. The summed E-state index contributed by atoms with van der Waals surface area (Å²) in [5.41, 5.74) is 0. The first-order valence-corrected chi connectivity index (χ1v) is 2.55. The predicted octanol–water partition coefficient (Wildman–Crippen LogP) is -1.56. The van der Waals surface area contributed by atoms with Crippen molar-refractivity contribution in [2.45, 2.75) is 0 Å². The molecule has 0 aliphatic carbocycles. The molecule has 0 atom stereocenters. The van der Waals surface area contributed by atoms with Crippen LogP contribution in [0.2, 0.25) is 0 Å². The van der Waals surface area contributed by atoms with Crippen molar-refractivity contribution in [3.05, 3.63) is 0 Å². The summed E-state index contributed by atoms with van der Waals surface area (Å²) in [6.45, 7) is 0. The van der Waals surface area contributed by atoms with E-state index < -0.39 is 7.82 Å². The van der Waals surface area contributed by atoms with Crippen LogP contribution in [-0.2, 0) is 4.57 Å². The topological polar surface area (TPSA) is 118 Å². The molecule has 0 unspecified atom stereocenters. The molecular weight excluding hydrogens is 150 g/mol. The van der Waals surface area contributed by atoms with Crippen molar-refractivity contribution < 1.29 is 29.8 Å². The number of hydrogen-bond acceptors (Lipinski definition) is 3. The molecule has 0 spiro atoms. The molecule has 0 radical (unpaired) electrons. The molecule has 0 aromatic heterocycles. The van der Waals surface area contributed by atoms with Crippen LogP contribution in [0.15, 0.2) is 0 Å². The summed E-state index contributed by atoms with van der Waals surface area (Å²) in [7, 11) is -4.64. The molecule has 8 heteroatoms. The molecule has 0 aliphatic heterocycles. The van der Waals surface area contributed by atoms with Crippen LogP contribution in [-0.4, -0.2) is 54.8 Å². The van der Waals surface area contributed by atoms with Gasteiger partial charge in [-0.2, -0.15) is 0 Å². The van der Waals surface area contributed by atoms with Crippen LogP contribution in [0.5, 0.6) is 0 Å². The number of phosphoric acid groups is 1. The molecule has 0 heterocycles. The third-order valence-corrected chi connectivity index (χ3v) is 0. The fraction of sp³-hybridized carbons (Fsp3) is 0. The molecule has 0 fully saturated rings. The first kappa shape index (κ1) is 16.0. The van der Waals surface area contributed by atoms with Crippen molar-refractivity contribution in [3.8, 4) is 0 Å². The molecule has 0 saturated carbocycles. The molecule has 5 N–H and O–H groups in total. The van der Waals surface area contributed by atoms with E-state index in [-0.39, 0.29) is 29.6 Å². The fourth-order valence-electron chi connectivity index (χ4n) is 0. The fourth-order valence-corrected chi connectivity index (χ4v) is 0. The molecular formula is H6NaO6P. The summed E-state index contributed by atoms with van der Waals surface area (Å²) in [6.07, 6.45) is 0. The van der Waals surface area contributed by atoms with Crippen LogP contribution in [0.4, 0.5) is 0 Å². The number of rotatable bonds is 0. The Morgan fingerprint density at radius 3 is 1.00 bits per heavy atom. The molecule has 8 heavy (non-hydrogen) atoms. The van der Waals surface area contributed by atoms with Gasteiger partial charge in [0.1, 0.15) is 0 Å². The Bertz CT molecular complexity index is 54.7. The van der Waals surface area contributed by atoms with Crippen LogP contribution in [0.25, 0.3) is 0 Å². The van der Waals surface area contributed by atoms with E-state index in [0.717, 1.165) is 0 Å². The van der Waals surface area contributed by atoms with Crippen LogP contribution in [0, 0.1) is 0 Å². The Hall–Kier alpha value is 1.03. The van der Waals surface area contributed by atoms with E-state index >= 15 is 0 Å². The zero-order valence-electron chi connectivity index (χ0n) is 3.09. The minimum atomic E-state index is -4.64. The molecule has 0 aromatic rings. The van der Waals surface area contributed by atoms with Crippen molar-refractivity contribution in [2.24, 2.45) is 0 Å². The summed E-state index contributed by atoms with van der Waals surface area (Å²) < 4.78 is 8.88. The molecule has 6 nitrogen and oxygen atoms in total. The molecule has 0 saturated heterocycles. The summed E-state index contributed by atoms with van der Waals surface area (Å²) in [5, 5.41) is 12.0. The predicted molar refractivity (Wildman–Crippen MR) is 26.7 cm³/mol. The van der Waals surface area contributed by atoms with Gasteiger partial charge in [0.05, 0.1) is 0 Å². The summed E-state index contributed by atoms with van der Waals surface area (Å²) in [5.74, 6) is 0. The van der Waals surface area contributed by atoms with Crippen molar-refractivity contribution in [1.29, 1.82) is 0 Å². The van der Waals surface area contributed by atoms with E-state index in [1.807, 2.05) is 0 Å². The Morgan fingerprint density at radius 2 is 1.00 bits per heavy atom. The SMILES string of the molecule is O=P(O)(O)O.OO.[NaH]. The van der Waals surface area contributed by atoms with Gasteiger partial charge < -0.3 is 14.7 Å². The second kappa shape index (κ2) is 8.03. The average molecular weight is 156 g/mol. The quantitative estimate of drug-likeness (QED) is 0.125. The second-order valence-corrected chi connectivity index (χ2v) is 1.54. The monoisotopic (exact) mass is 156 g/mol. The summed E-state index contributed by atoms with van der Waals surface area (Å²) in [6, 6.07) is 0. The molecule has 0 rings (SSSR count). The molecule has 48 valence electrons. The van der Waals surface area contributed by atoms with Gasteiger partial charge >= 0.3 is 37.4 Å². The van der Waals surface area contributed by atoms with Crippen LogP contribution >= 0.6 is 7.82 Å². The Labute approximate surface area is 67.2 Å². The van der Waals surface area contributed by atoms with E-state index in [1.54, 1.807) is 0 Å². The van der Waals surface area contributed by atoms with Gasteiger partial charge in [-0.25, -0.2) is 4.57 Å².